The zero-order chi connectivity index (χ0) is 23.0. The second-order valence-electron chi connectivity index (χ2n) is 7.40. The second-order valence-corrected chi connectivity index (χ2v) is 8.21. The van der Waals surface area contributed by atoms with E-state index in [0.29, 0.717) is 38.3 Å². The van der Waals surface area contributed by atoms with Crippen molar-refractivity contribution >= 4 is 52.0 Å². The minimum Gasteiger partial charge on any atom is -0.497 e. The lowest BCUT2D eigenvalue weighted by Crippen LogP contribution is -2.33. The molecule has 32 heavy (non-hydrogen) atoms. The van der Waals surface area contributed by atoms with E-state index < -0.39 is 11.8 Å². The first-order valence-electron chi connectivity index (χ1n) is 9.87. The Kier molecular flexibility index (Phi) is 5.96. The normalized spacial score (nSPS) is 13.7. The van der Waals surface area contributed by atoms with Gasteiger partial charge in [0.2, 0.25) is 0 Å². The first-order valence-corrected chi connectivity index (χ1v) is 10.6. The van der Waals surface area contributed by atoms with Gasteiger partial charge in [0.15, 0.2) is 0 Å². The summed E-state index contributed by atoms with van der Waals surface area (Å²) in [5, 5.41) is 4.15. The zero-order valence-corrected chi connectivity index (χ0v) is 19.2. The number of nitrogens with zero attached hydrogens (tertiary/aromatic N) is 1. The van der Waals surface area contributed by atoms with Gasteiger partial charge in [-0.15, -0.1) is 0 Å². The summed E-state index contributed by atoms with van der Waals surface area (Å²) in [6, 6.07) is 17.5. The van der Waals surface area contributed by atoms with Gasteiger partial charge in [0.1, 0.15) is 11.4 Å². The molecule has 3 aromatic carbocycles. The van der Waals surface area contributed by atoms with Crippen molar-refractivity contribution in [3.63, 3.8) is 0 Å². The van der Waals surface area contributed by atoms with Crippen LogP contribution < -0.4 is 15.0 Å². The predicted octanol–water partition coefficient (Wildman–Crippen LogP) is 6.02. The quantitative estimate of drug-likeness (QED) is 0.467. The van der Waals surface area contributed by atoms with Crippen LogP contribution in [0.3, 0.4) is 0 Å². The molecule has 0 bridgehead atoms. The fourth-order valence-corrected chi connectivity index (χ4v) is 3.89. The minimum absolute atomic E-state index is 0.166. The highest BCUT2D eigenvalue weighted by molar-refractivity contribution is 6.46. The van der Waals surface area contributed by atoms with E-state index in [9.17, 15) is 9.59 Å². The first kappa shape index (κ1) is 21.9. The molecular weight excluding hydrogens is 447 g/mol. The molecule has 7 heteroatoms. The average Bonchev–Trinajstić information content (AvgIpc) is 3.02. The third-order valence-electron chi connectivity index (χ3n) is 5.38. The molecule has 0 unspecified atom stereocenters. The van der Waals surface area contributed by atoms with E-state index in [-0.39, 0.29) is 11.3 Å². The third kappa shape index (κ3) is 3.85. The number of carbonyl (C=O) groups excluding carboxylic acids is 2. The predicted molar refractivity (Wildman–Crippen MR) is 128 cm³/mol. The molecule has 0 aromatic heterocycles. The maximum Gasteiger partial charge on any atom is 0.282 e. The number of aryl methyl sites for hydroxylation is 1. The summed E-state index contributed by atoms with van der Waals surface area (Å²) >= 11 is 12.5. The number of hydrogen-bond acceptors (Lipinski definition) is 4. The monoisotopic (exact) mass is 466 g/mol. The van der Waals surface area contributed by atoms with Crippen LogP contribution in [-0.4, -0.2) is 18.9 Å². The summed E-state index contributed by atoms with van der Waals surface area (Å²) in [6.07, 6.45) is 0. The van der Waals surface area contributed by atoms with E-state index in [1.54, 1.807) is 62.6 Å². The molecule has 1 aliphatic rings. The largest absolute Gasteiger partial charge is 0.497 e. The van der Waals surface area contributed by atoms with Gasteiger partial charge in [-0.1, -0.05) is 47.5 Å². The number of anilines is 2. The Hall–Kier alpha value is -3.28. The number of methoxy groups -OCH3 is 1. The molecule has 0 spiro atoms. The van der Waals surface area contributed by atoms with Crippen LogP contribution in [0.1, 0.15) is 16.7 Å². The van der Waals surface area contributed by atoms with Gasteiger partial charge in [-0.05, 0) is 66.9 Å². The van der Waals surface area contributed by atoms with Gasteiger partial charge in [0, 0.05) is 15.7 Å². The fraction of sp³-hybridized carbons (Fsp3) is 0.120. The summed E-state index contributed by atoms with van der Waals surface area (Å²) in [7, 11) is 1.57. The molecule has 0 radical (unpaired) electrons. The number of benzene rings is 3. The highest BCUT2D eigenvalue weighted by atomic mass is 35.5. The van der Waals surface area contributed by atoms with Gasteiger partial charge in [0.25, 0.3) is 11.8 Å². The van der Waals surface area contributed by atoms with Crippen LogP contribution in [-0.2, 0) is 9.59 Å². The summed E-state index contributed by atoms with van der Waals surface area (Å²) in [4.78, 5) is 28.2. The number of imide groups is 1. The lowest BCUT2D eigenvalue weighted by molar-refractivity contribution is -0.120. The van der Waals surface area contributed by atoms with Gasteiger partial charge in [0.05, 0.1) is 18.4 Å². The summed E-state index contributed by atoms with van der Waals surface area (Å²) < 4.78 is 5.22. The molecule has 2 amide bonds. The maximum absolute atomic E-state index is 13.6. The molecule has 5 nitrogen and oxygen atoms in total. The third-order valence-corrected chi connectivity index (χ3v) is 6.20. The molecule has 0 saturated carbocycles. The van der Waals surface area contributed by atoms with Crippen LogP contribution in [0.15, 0.2) is 66.4 Å². The van der Waals surface area contributed by atoms with Gasteiger partial charge < -0.3 is 10.1 Å². The molecular formula is C25H20Cl2N2O3. The number of ether oxygens (including phenoxy) is 1. The molecule has 4 rings (SSSR count). The summed E-state index contributed by atoms with van der Waals surface area (Å²) in [5.41, 5.74) is 3.61. The zero-order valence-electron chi connectivity index (χ0n) is 17.7. The van der Waals surface area contributed by atoms with Crippen molar-refractivity contribution in [3.05, 3.63) is 93.1 Å². The van der Waals surface area contributed by atoms with Crippen molar-refractivity contribution in [1.82, 2.24) is 0 Å². The molecule has 1 heterocycles. The Labute approximate surface area is 196 Å². The minimum atomic E-state index is -0.470. The van der Waals surface area contributed by atoms with Crippen molar-refractivity contribution in [3.8, 4) is 5.75 Å². The van der Waals surface area contributed by atoms with Crippen LogP contribution in [0.25, 0.3) is 5.57 Å². The number of amides is 2. The van der Waals surface area contributed by atoms with Crippen molar-refractivity contribution in [2.24, 2.45) is 0 Å². The molecule has 0 aliphatic carbocycles. The van der Waals surface area contributed by atoms with Crippen molar-refractivity contribution in [1.29, 1.82) is 0 Å². The molecule has 0 saturated heterocycles. The lowest BCUT2D eigenvalue weighted by Gasteiger charge is -2.18. The van der Waals surface area contributed by atoms with Gasteiger partial charge in [-0.25, -0.2) is 4.90 Å². The number of hydrogen-bond donors (Lipinski definition) is 1. The number of carbonyl (C=O) groups is 2. The van der Waals surface area contributed by atoms with Crippen molar-refractivity contribution < 1.29 is 14.3 Å². The Morgan fingerprint density at radius 1 is 0.875 bits per heavy atom. The van der Waals surface area contributed by atoms with Gasteiger partial charge >= 0.3 is 0 Å². The van der Waals surface area contributed by atoms with Crippen LogP contribution in [0.5, 0.6) is 5.75 Å². The summed E-state index contributed by atoms with van der Waals surface area (Å²) in [5.74, 6) is -0.261. The summed E-state index contributed by atoms with van der Waals surface area (Å²) in [6.45, 7) is 3.67. The standard InChI is InChI=1S/C25H20Cl2N2O3/c1-14-7-10-17(13-20(14)27)28-23-22(16-8-11-18(32-3)12-9-16)24(30)29(25(23)31)21-6-4-5-19(26)15(21)2/h4-13,28H,1-3H3. The molecule has 3 aromatic rings. The number of halogens is 2. The van der Waals surface area contributed by atoms with Gasteiger partial charge in [-0.2, -0.15) is 0 Å². The smallest absolute Gasteiger partial charge is 0.282 e. The molecule has 0 atom stereocenters. The topological polar surface area (TPSA) is 58.6 Å². The lowest BCUT2D eigenvalue weighted by atomic mass is 10.0. The number of nitrogens with one attached hydrogen (secondary N) is 1. The SMILES string of the molecule is COc1ccc(C2=C(Nc3ccc(C)c(Cl)c3)C(=O)N(c3cccc(Cl)c3C)C2=O)cc1. The highest BCUT2D eigenvalue weighted by Crippen LogP contribution is 2.37. The second kappa shape index (κ2) is 8.69. The molecule has 162 valence electrons. The van der Waals surface area contributed by atoms with E-state index in [1.165, 1.54) is 0 Å². The van der Waals surface area contributed by atoms with Crippen molar-refractivity contribution in [2.45, 2.75) is 13.8 Å². The molecule has 0 fully saturated rings. The Morgan fingerprint density at radius 3 is 2.25 bits per heavy atom. The van der Waals surface area contributed by atoms with Crippen molar-refractivity contribution in [2.75, 3.05) is 17.3 Å². The molecule has 1 N–H and O–H groups in total. The van der Waals surface area contributed by atoms with E-state index in [2.05, 4.69) is 5.32 Å². The van der Waals surface area contributed by atoms with Crippen LogP contribution >= 0.6 is 23.2 Å². The fourth-order valence-electron chi connectivity index (χ4n) is 3.54. The highest BCUT2D eigenvalue weighted by Gasteiger charge is 2.41. The van der Waals surface area contributed by atoms with Crippen LogP contribution in [0, 0.1) is 13.8 Å². The van der Waals surface area contributed by atoms with E-state index in [0.717, 1.165) is 10.5 Å². The van der Waals surface area contributed by atoms with Gasteiger partial charge in [-0.3, -0.25) is 9.59 Å². The molecule has 1 aliphatic heterocycles. The van der Waals surface area contributed by atoms with Crippen LogP contribution in [0.4, 0.5) is 11.4 Å². The maximum atomic E-state index is 13.6. The first-order chi connectivity index (χ1) is 15.3. The Balaban J connectivity index is 1.85. The van der Waals surface area contributed by atoms with Crippen LogP contribution in [0.2, 0.25) is 10.0 Å². The van der Waals surface area contributed by atoms with E-state index in [1.807, 2.05) is 19.1 Å². The average molecular weight is 467 g/mol. The Bertz CT molecular complexity index is 1270. The van der Waals surface area contributed by atoms with E-state index >= 15 is 0 Å². The van der Waals surface area contributed by atoms with E-state index in [4.69, 9.17) is 27.9 Å². The Morgan fingerprint density at radius 2 is 1.59 bits per heavy atom. The number of rotatable bonds is 5.